The molecule has 0 bridgehead atoms. The molecule has 3 nitrogen and oxygen atoms in total. The molecule has 0 saturated heterocycles. The molecule has 1 heterocycles. The van der Waals surface area contributed by atoms with Crippen molar-refractivity contribution in [2.24, 2.45) is 5.92 Å². The van der Waals surface area contributed by atoms with Crippen molar-refractivity contribution in [1.82, 2.24) is 5.32 Å². The summed E-state index contributed by atoms with van der Waals surface area (Å²) in [7, 11) is 0. The van der Waals surface area contributed by atoms with Crippen molar-refractivity contribution in [3.8, 4) is 0 Å². The van der Waals surface area contributed by atoms with Crippen LogP contribution in [0.1, 0.15) is 32.8 Å². The lowest BCUT2D eigenvalue weighted by atomic mass is 9.96. The van der Waals surface area contributed by atoms with Gasteiger partial charge in [-0.25, -0.2) is 0 Å². The number of Topliss-reactive ketones (excluding diaryl/α,β-unsaturated/α-hetero) is 1. The normalized spacial score (nSPS) is 13.9. The van der Waals surface area contributed by atoms with Crippen LogP contribution in [0.15, 0.2) is 29.6 Å². The molecule has 2 aromatic rings. The van der Waals surface area contributed by atoms with Gasteiger partial charge in [0.1, 0.15) is 0 Å². The van der Waals surface area contributed by atoms with Crippen LogP contribution in [0.2, 0.25) is 0 Å². The number of amides is 1. The number of carbonyl (C=O) groups excluding carboxylic acids is 2. The highest BCUT2D eigenvalue weighted by Crippen LogP contribution is 2.26. The van der Waals surface area contributed by atoms with E-state index in [2.05, 4.69) is 11.4 Å². The second kappa shape index (κ2) is 6.85. The van der Waals surface area contributed by atoms with Crippen LogP contribution in [0.25, 0.3) is 10.1 Å². The Morgan fingerprint density at radius 2 is 2.00 bits per heavy atom. The summed E-state index contributed by atoms with van der Waals surface area (Å²) in [6.07, 6.45) is 1.19. The molecule has 0 saturated carbocycles. The third-order valence-corrected chi connectivity index (χ3v) is 4.89. The molecule has 0 spiro atoms. The smallest absolute Gasteiger partial charge is 0.225 e. The summed E-state index contributed by atoms with van der Waals surface area (Å²) in [5, 5.41) is 6.04. The second-order valence-corrected chi connectivity index (χ2v) is 6.39. The van der Waals surface area contributed by atoms with Crippen LogP contribution < -0.4 is 5.32 Å². The van der Waals surface area contributed by atoms with Crippen molar-refractivity contribution < 1.29 is 9.59 Å². The zero-order chi connectivity index (χ0) is 15.4. The summed E-state index contributed by atoms with van der Waals surface area (Å²) in [4.78, 5) is 23.9. The van der Waals surface area contributed by atoms with Crippen LogP contribution >= 0.6 is 11.3 Å². The monoisotopic (exact) mass is 303 g/mol. The molecule has 21 heavy (non-hydrogen) atoms. The predicted octanol–water partition coefficient (Wildman–Crippen LogP) is 3.56. The van der Waals surface area contributed by atoms with E-state index in [1.54, 1.807) is 11.3 Å². The van der Waals surface area contributed by atoms with Gasteiger partial charge >= 0.3 is 0 Å². The minimum Gasteiger partial charge on any atom is -0.346 e. The Bertz CT molecular complexity index is 647. The summed E-state index contributed by atoms with van der Waals surface area (Å²) in [6, 6.07) is 7.68. The van der Waals surface area contributed by atoms with E-state index >= 15 is 0 Å². The molecule has 1 aromatic carbocycles. The molecule has 0 aliphatic heterocycles. The molecule has 0 aliphatic rings. The van der Waals surface area contributed by atoms with Crippen molar-refractivity contribution in [2.45, 2.75) is 39.7 Å². The lowest BCUT2D eigenvalue weighted by Gasteiger charge is -2.21. The van der Waals surface area contributed by atoms with Crippen molar-refractivity contribution in [3.05, 3.63) is 35.2 Å². The summed E-state index contributed by atoms with van der Waals surface area (Å²) >= 11 is 1.64. The zero-order valence-corrected chi connectivity index (χ0v) is 13.5. The van der Waals surface area contributed by atoms with Gasteiger partial charge in [0, 0.05) is 4.70 Å². The van der Waals surface area contributed by atoms with Gasteiger partial charge in [-0.1, -0.05) is 38.5 Å². The van der Waals surface area contributed by atoms with E-state index < -0.39 is 0 Å². The fraction of sp³-hybridized carbons (Fsp3) is 0.412. The van der Waals surface area contributed by atoms with E-state index in [1.165, 1.54) is 11.6 Å². The van der Waals surface area contributed by atoms with Crippen LogP contribution in [0.4, 0.5) is 0 Å². The summed E-state index contributed by atoms with van der Waals surface area (Å²) < 4.78 is 1.19. The van der Waals surface area contributed by atoms with Crippen molar-refractivity contribution in [1.29, 1.82) is 0 Å². The molecule has 1 amide bonds. The maximum absolute atomic E-state index is 12.2. The number of hydrogen-bond acceptors (Lipinski definition) is 3. The molecular weight excluding hydrogens is 282 g/mol. The van der Waals surface area contributed by atoms with Crippen LogP contribution in [-0.4, -0.2) is 17.7 Å². The molecule has 1 aromatic heterocycles. The molecule has 1 N–H and O–H groups in total. The first-order valence-corrected chi connectivity index (χ1v) is 8.15. The third kappa shape index (κ3) is 3.70. The maximum Gasteiger partial charge on any atom is 0.225 e. The van der Waals surface area contributed by atoms with Crippen LogP contribution in [0, 0.1) is 5.92 Å². The third-order valence-electron chi connectivity index (χ3n) is 3.88. The number of benzene rings is 1. The number of fused-ring (bicyclic) bond motifs is 1. The topological polar surface area (TPSA) is 46.2 Å². The number of hydrogen-bond donors (Lipinski definition) is 1. The van der Waals surface area contributed by atoms with Crippen molar-refractivity contribution in [3.63, 3.8) is 0 Å². The molecule has 2 rings (SSSR count). The van der Waals surface area contributed by atoms with Crippen molar-refractivity contribution >= 4 is 33.1 Å². The first-order valence-electron chi connectivity index (χ1n) is 7.27. The van der Waals surface area contributed by atoms with Gasteiger partial charge in [-0.2, -0.15) is 0 Å². The Kier molecular flexibility index (Phi) is 5.12. The second-order valence-electron chi connectivity index (χ2n) is 5.48. The Balaban J connectivity index is 2.09. The SMILES string of the molecule is CC[C@H](C)[C@H](NC(=O)Cc1csc2ccccc12)C(C)=O. The molecule has 0 aliphatic carbocycles. The van der Waals surface area contributed by atoms with Gasteiger partial charge in [0.2, 0.25) is 5.91 Å². The van der Waals surface area contributed by atoms with Crippen LogP contribution in [0.5, 0.6) is 0 Å². The Morgan fingerprint density at radius 1 is 1.29 bits per heavy atom. The quantitative estimate of drug-likeness (QED) is 0.887. The number of ketones is 1. The van der Waals surface area contributed by atoms with Gasteiger partial charge in [0.25, 0.3) is 0 Å². The van der Waals surface area contributed by atoms with E-state index in [1.807, 2.05) is 37.4 Å². The molecule has 2 atom stereocenters. The minimum atomic E-state index is -0.382. The summed E-state index contributed by atoms with van der Waals surface area (Å²) in [5.41, 5.74) is 1.03. The van der Waals surface area contributed by atoms with Gasteiger partial charge in [0.05, 0.1) is 12.5 Å². The molecule has 112 valence electrons. The Hall–Kier alpha value is -1.68. The zero-order valence-electron chi connectivity index (χ0n) is 12.7. The molecule has 0 radical (unpaired) electrons. The lowest BCUT2D eigenvalue weighted by molar-refractivity contribution is -0.127. The fourth-order valence-electron chi connectivity index (χ4n) is 2.45. The van der Waals surface area contributed by atoms with Crippen molar-refractivity contribution in [2.75, 3.05) is 0 Å². The number of thiophene rings is 1. The minimum absolute atomic E-state index is 0.0212. The van der Waals surface area contributed by atoms with Gasteiger partial charge in [-0.3, -0.25) is 9.59 Å². The largest absolute Gasteiger partial charge is 0.346 e. The highest BCUT2D eigenvalue weighted by atomic mass is 32.1. The Labute approximate surface area is 129 Å². The summed E-state index contributed by atoms with van der Waals surface area (Å²) in [5.74, 6) is 0.0950. The molecule has 4 heteroatoms. The summed E-state index contributed by atoms with van der Waals surface area (Å²) in [6.45, 7) is 5.56. The van der Waals surface area contributed by atoms with Crippen LogP contribution in [0.3, 0.4) is 0 Å². The van der Waals surface area contributed by atoms with Gasteiger partial charge in [-0.05, 0) is 35.2 Å². The van der Waals surface area contributed by atoms with E-state index in [-0.39, 0.29) is 23.7 Å². The number of nitrogens with one attached hydrogen (secondary N) is 1. The molecular formula is C17H21NO2S. The Morgan fingerprint density at radius 3 is 2.67 bits per heavy atom. The maximum atomic E-state index is 12.2. The predicted molar refractivity (Wildman–Crippen MR) is 87.6 cm³/mol. The average Bonchev–Trinajstić information content (AvgIpc) is 2.87. The molecule has 0 fully saturated rings. The van der Waals surface area contributed by atoms with Crippen LogP contribution in [-0.2, 0) is 16.0 Å². The standard InChI is InChI=1S/C17H21NO2S/c1-4-11(2)17(12(3)19)18-16(20)9-13-10-21-15-8-6-5-7-14(13)15/h5-8,10-11,17H,4,9H2,1-3H3,(H,18,20)/t11-,17-/m0/s1. The highest BCUT2D eigenvalue weighted by Gasteiger charge is 2.22. The highest BCUT2D eigenvalue weighted by molar-refractivity contribution is 7.17. The first-order chi connectivity index (χ1) is 10.0. The van der Waals surface area contributed by atoms with Gasteiger partial charge < -0.3 is 5.32 Å². The number of carbonyl (C=O) groups is 2. The average molecular weight is 303 g/mol. The van der Waals surface area contributed by atoms with E-state index in [4.69, 9.17) is 0 Å². The van der Waals surface area contributed by atoms with E-state index in [0.29, 0.717) is 6.42 Å². The number of rotatable bonds is 6. The lowest BCUT2D eigenvalue weighted by Crippen LogP contribution is -2.44. The van der Waals surface area contributed by atoms with Gasteiger partial charge in [0.15, 0.2) is 5.78 Å². The molecule has 0 unspecified atom stereocenters. The van der Waals surface area contributed by atoms with E-state index in [9.17, 15) is 9.59 Å². The first kappa shape index (κ1) is 15.7. The fourth-order valence-corrected chi connectivity index (χ4v) is 3.41. The van der Waals surface area contributed by atoms with Gasteiger partial charge in [-0.15, -0.1) is 11.3 Å². The van der Waals surface area contributed by atoms with E-state index in [0.717, 1.165) is 17.4 Å².